The first-order chi connectivity index (χ1) is 3.83. The summed E-state index contributed by atoms with van der Waals surface area (Å²) in [5, 5.41) is 0.0457. The van der Waals surface area contributed by atoms with E-state index < -0.39 is 0 Å². The number of methoxy groups -OCH3 is 1. The summed E-state index contributed by atoms with van der Waals surface area (Å²) in [6, 6.07) is 0. The zero-order chi connectivity index (χ0) is 5.98. The summed E-state index contributed by atoms with van der Waals surface area (Å²) in [4.78, 5) is 3.56. The van der Waals surface area contributed by atoms with Crippen molar-refractivity contribution in [2.45, 2.75) is 0 Å². The Balaban J connectivity index is 2.84. The van der Waals surface area contributed by atoms with Crippen molar-refractivity contribution in [2.75, 3.05) is 7.11 Å². The van der Waals surface area contributed by atoms with Crippen LogP contribution in [0.15, 0.2) is 6.20 Å². The van der Waals surface area contributed by atoms with Gasteiger partial charge in [0.15, 0.2) is 5.13 Å². The first-order valence-corrected chi connectivity index (χ1v) is 2.80. The molecule has 0 aromatic carbocycles. The molecule has 0 radical (unpaired) electrons. The molecule has 1 rings (SSSR count). The molecule has 0 aliphatic carbocycles. The fourth-order valence-corrected chi connectivity index (χ4v) is 0.795. The van der Waals surface area contributed by atoms with Crippen LogP contribution in [0.2, 0.25) is 0 Å². The zero-order valence-electron chi connectivity index (χ0n) is 4.22. The Bertz CT molecular complexity index is 176. The lowest BCUT2D eigenvalue weighted by Crippen LogP contribution is -1.76. The fraction of sp³-hybridized carbons (Fsp3) is 0.250. The van der Waals surface area contributed by atoms with Gasteiger partial charge in [-0.25, -0.2) is 4.98 Å². The summed E-state index contributed by atoms with van der Waals surface area (Å²) in [6.45, 7) is 0. The number of halogens is 1. The van der Waals surface area contributed by atoms with Crippen molar-refractivity contribution in [1.82, 2.24) is 4.98 Å². The van der Waals surface area contributed by atoms with E-state index in [9.17, 15) is 4.39 Å². The van der Waals surface area contributed by atoms with Crippen molar-refractivity contribution in [3.63, 3.8) is 0 Å². The standard InChI is InChI=1S/C4H4FNOS/c1-7-4-6-2-3(5)8-4/h2H,1H3. The fourth-order valence-electron chi connectivity index (χ4n) is 0.334. The number of ether oxygens (including phenoxy) is 1. The van der Waals surface area contributed by atoms with Crippen molar-refractivity contribution < 1.29 is 9.13 Å². The molecule has 0 unspecified atom stereocenters. The van der Waals surface area contributed by atoms with Gasteiger partial charge >= 0.3 is 0 Å². The third kappa shape index (κ3) is 0.949. The normalized spacial score (nSPS) is 9.25. The molecular weight excluding hydrogens is 129 g/mol. The monoisotopic (exact) mass is 133 g/mol. The molecule has 0 aliphatic rings. The van der Waals surface area contributed by atoms with Crippen LogP contribution in [0.4, 0.5) is 4.39 Å². The Morgan fingerprint density at radius 1 is 1.88 bits per heavy atom. The van der Waals surface area contributed by atoms with Crippen LogP contribution >= 0.6 is 11.3 Å². The number of rotatable bonds is 1. The molecule has 1 heterocycles. The zero-order valence-corrected chi connectivity index (χ0v) is 5.04. The van der Waals surface area contributed by atoms with Gasteiger partial charge in [-0.15, -0.1) is 0 Å². The summed E-state index contributed by atoms with van der Waals surface area (Å²) in [5.74, 6) is 0. The molecule has 0 aliphatic heterocycles. The van der Waals surface area contributed by atoms with Gasteiger partial charge in [0.05, 0.1) is 13.3 Å². The Morgan fingerprint density at radius 3 is 2.88 bits per heavy atom. The smallest absolute Gasteiger partial charge is 0.275 e. The van der Waals surface area contributed by atoms with Gasteiger partial charge in [0.2, 0.25) is 0 Å². The molecule has 0 spiro atoms. The molecule has 0 bridgehead atoms. The largest absolute Gasteiger partial charge is 0.473 e. The highest BCUT2D eigenvalue weighted by Gasteiger charge is 1.96. The third-order valence-corrected chi connectivity index (χ3v) is 1.38. The van der Waals surface area contributed by atoms with E-state index in [4.69, 9.17) is 0 Å². The predicted molar refractivity (Wildman–Crippen MR) is 28.6 cm³/mol. The van der Waals surface area contributed by atoms with Crippen LogP contribution in [0.5, 0.6) is 5.19 Å². The van der Waals surface area contributed by atoms with Gasteiger partial charge in [-0.3, -0.25) is 0 Å². The second-order valence-electron chi connectivity index (χ2n) is 1.13. The number of thiazole rings is 1. The van der Waals surface area contributed by atoms with Crippen LogP contribution < -0.4 is 4.74 Å². The lowest BCUT2D eigenvalue weighted by atomic mass is 11.0. The Labute approximate surface area is 49.9 Å². The first-order valence-electron chi connectivity index (χ1n) is 1.98. The van der Waals surface area contributed by atoms with Gasteiger partial charge in [-0.1, -0.05) is 0 Å². The van der Waals surface area contributed by atoms with E-state index in [-0.39, 0.29) is 5.13 Å². The quantitative estimate of drug-likeness (QED) is 0.576. The molecule has 0 N–H and O–H groups in total. The van der Waals surface area contributed by atoms with Crippen molar-refractivity contribution in [2.24, 2.45) is 0 Å². The highest BCUT2D eigenvalue weighted by molar-refractivity contribution is 7.11. The number of aromatic nitrogens is 1. The van der Waals surface area contributed by atoms with Crippen molar-refractivity contribution >= 4 is 11.3 Å². The molecule has 1 aromatic rings. The van der Waals surface area contributed by atoms with E-state index in [1.165, 1.54) is 7.11 Å². The highest BCUT2D eigenvalue weighted by atomic mass is 32.1. The lowest BCUT2D eigenvalue weighted by Gasteiger charge is -1.84. The Hall–Kier alpha value is -0.640. The second kappa shape index (κ2) is 2.09. The van der Waals surface area contributed by atoms with E-state index in [0.29, 0.717) is 5.19 Å². The van der Waals surface area contributed by atoms with Gasteiger partial charge in [0.25, 0.3) is 5.19 Å². The lowest BCUT2D eigenvalue weighted by molar-refractivity contribution is 0.412. The van der Waals surface area contributed by atoms with Gasteiger partial charge in [0, 0.05) is 0 Å². The number of hydrogen-bond donors (Lipinski definition) is 0. The SMILES string of the molecule is COc1ncc(F)s1. The van der Waals surface area contributed by atoms with Crippen LogP contribution in [-0.2, 0) is 0 Å². The van der Waals surface area contributed by atoms with Crippen molar-refractivity contribution in [3.8, 4) is 5.19 Å². The average molecular weight is 133 g/mol. The molecule has 44 valence electrons. The molecule has 0 amide bonds. The van der Waals surface area contributed by atoms with Crippen LogP contribution in [0, 0.1) is 5.13 Å². The molecule has 2 nitrogen and oxygen atoms in total. The van der Waals surface area contributed by atoms with Crippen molar-refractivity contribution in [3.05, 3.63) is 11.3 Å². The third-order valence-electron chi connectivity index (χ3n) is 0.631. The van der Waals surface area contributed by atoms with Gasteiger partial charge < -0.3 is 4.74 Å². The van der Waals surface area contributed by atoms with Crippen LogP contribution in [0.3, 0.4) is 0 Å². The van der Waals surface area contributed by atoms with Gasteiger partial charge in [-0.05, 0) is 11.3 Å². The van der Waals surface area contributed by atoms with E-state index in [2.05, 4.69) is 9.72 Å². The van der Waals surface area contributed by atoms with Crippen LogP contribution in [0.25, 0.3) is 0 Å². The summed E-state index contributed by atoms with van der Waals surface area (Å²) < 4.78 is 16.6. The topological polar surface area (TPSA) is 22.1 Å². The van der Waals surface area contributed by atoms with Gasteiger partial charge in [-0.2, -0.15) is 4.39 Å². The van der Waals surface area contributed by atoms with Gasteiger partial charge in [0.1, 0.15) is 0 Å². The minimum absolute atomic E-state index is 0.318. The molecule has 0 saturated carbocycles. The van der Waals surface area contributed by atoms with Crippen LogP contribution in [0.1, 0.15) is 0 Å². The summed E-state index contributed by atoms with van der Waals surface area (Å²) in [7, 11) is 1.46. The molecule has 0 fully saturated rings. The Morgan fingerprint density at radius 2 is 2.62 bits per heavy atom. The predicted octanol–water partition coefficient (Wildman–Crippen LogP) is 1.29. The van der Waals surface area contributed by atoms with E-state index in [1.54, 1.807) is 0 Å². The van der Waals surface area contributed by atoms with E-state index in [1.807, 2.05) is 0 Å². The number of nitrogens with zero attached hydrogens (tertiary/aromatic N) is 1. The number of hydrogen-bond acceptors (Lipinski definition) is 3. The summed E-state index contributed by atoms with van der Waals surface area (Å²) in [6.07, 6.45) is 1.13. The minimum Gasteiger partial charge on any atom is -0.473 e. The summed E-state index contributed by atoms with van der Waals surface area (Å²) in [5.41, 5.74) is 0. The molecule has 8 heavy (non-hydrogen) atoms. The van der Waals surface area contributed by atoms with E-state index in [0.717, 1.165) is 17.5 Å². The molecule has 1 aromatic heterocycles. The second-order valence-corrected chi connectivity index (χ2v) is 2.08. The highest BCUT2D eigenvalue weighted by Crippen LogP contribution is 2.16. The molecule has 0 atom stereocenters. The van der Waals surface area contributed by atoms with E-state index >= 15 is 0 Å². The average Bonchev–Trinajstić information content (AvgIpc) is 2.14. The first kappa shape index (κ1) is 5.50. The maximum Gasteiger partial charge on any atom is 0.275 e. The Kier molecular flexibility index (Phi) is 1.43. The molecule has 0 saturated heterocycles. The van der Waals surface area contributed by atoms with Crippen LogP contribution in [-0.4, -0.2) is 12.1 Å². The maximum absolute atomic E-state index is 12.0. The maximum atomic E-state index is 12.0. The van der Waals surface area contributed by atoms with Crippen molar-refractivity contribution in [1.29, 1.82) is 0 Å². The molecular formula is C4H4FNOS. The molecule has 4 heteroatoms. The summed E-state index contributed by atoms with van der Waals surface area (Å²) >= 11 is 0.888. The minimum atomic E-state index is -0.318.